The lowest BCUT2D eigenvalue weighted by Crippen LogP contribution is -1.88. The van der Waals surface area contributed by atoms with Crippen molar-refractivity contribution in [1.29, 1.82) is 0 Å². The molecular formula is C13H12N2S. The lowest BCUT2D eigenvalue weighted by atomic mass is 10.0. The van der Waals surface area contributed by atoms with Gasteiger partial charge in [-0.05, 0) is 19.4 Å². The minimum absolute atomic E-state index is 1.05. The van der Waals surface area contributed by atoms with Gasteiger partial charge in [0.2, 0.25) is 0 Å². The number of rotatable bonds is 1. The van der Waals surface area contributed by atoms with Crippen LogP contribution in [0.4, 0.5) is 0 Å². The van der Waals surface area contributed by atoms with E-state index in [9.17, 15) is 0 Å². The van der Waals surface area contributed by atoms with Crippen molar-refractivity contribution >= 4 is 16.3 Å². The molecule has 2 aromatic heterocycles. The van der Waals surface area contributed by atoms with E-state index >= 15 is 0 Å². The number of aromatic nitrogens is 2. The summed E-state index contributed by atoms with van der Waals surface area (Å²) >= 11 is 1.68. The minimum Gasteiger partial charge on any atom is -0.290 e. The largest absolute Gasteiger partial charge is 0.290 e. The Labute approximate surface area is 98.2 Å². The second-order valence-electron chi connectivity index (χ2n) is 4.02. The number of imidazole rings is 1. The molecule has 0 aliphatic carbocycles. The maximum absolute atomic E-state index is 4.29. The number of fused-ring (bicyclic) bond motifs is 1. The second kappa shape index (κ2) is 3.46. The SMILES string of the molecule is Cc1ccc(-c2csc3nccn23)c(C)c1. The van der Waals surface area contributed by atoms with Gasteiger partial charge in [-0.2, -0.15) is 0 Å². The quantitative estimate of drug-likeness (QED) is 0.621. The Kier molecular flexibility index (Phi) is 2.07. The molecule has 2 heterocycles. The molecule has 0 amide bonds. The van der Waals surface area contributed by atoms with E-state index in [1.54, 1.807) is 11.3 Å². The molecule has 0 saturated carbocycles. The monoisotopic (exact) mass is 228 g/mol. The van der Waals surface area contributed by atoms with Crippen molar-refractivity contribution in [2.24, 2.45) is 0 Å². The average Bonchev–Trinajstić information content (AvgIpc) is 2.80. The summed E-state index contributed by atoms with van der Waals surface area (Å²) in [7, 11) is 0. The summed E-state index contributed by atoms with van der Waals surface area (Å²) in [6, 6.07) is 6.56. The van der Waals surface area contributed by atoms with E-state index in [0.29, 0.717) is 0 Å². The Hall–Kier alpha value is -1.61. The van der Waals surface area contributed by atoms with Gasteiger partial charge < -0.3 is 0 Å². The van der Waals surface area contributed by atoms with Crippen LogP contribution in [0.3, 0.4) is 0 Å². The van der Waals surface area contributed by atoms with Gasteiger partial charge in [-0.1, -0.05) is 23.8 Å². The summed E-state index contributed by atoms with van der Waals surface area (Å²) in [5, 5.41) is 2.17. The van der Waals surface area contributed by atoms with E-state index in [1.807, 2.05) is 12.4 Å². The molecule has 3 heteroatoms. The van der Waals surface area contributed by atoms with Gasteiger partial charge in [0.1, 0.15) is 0 Å². The fourth-order valence-corrected chi connectivity index (χ4v) is 2.87. The highest BCUT2D eigenvalue weighted by Crippen LogP contribution is 2.28. The highest BCUT2D eigenvalue weighted by molar-refractivity contribution is 7.15. The fraction of sp³-hybridized carbons (Fsp3) is 0.154. The first kappa shape index (κ1) is 9.60. The number of hydrogen-bond donors (Lipinski definition) is 0. The Bertz CT molecular complexity index is 649. The lowest BCUT2D eigenvalue weighted by molar-refractivity contribution is 1.22. The van der Waals surface area contributed by atoms with Crippen molar-refractivity contribution in [3.63, 3.8) is 0 Å². The van der Waals surface area contributed by atoms with Gasteiger partial charge in [0, 0.05) is 23.3 Å². The molecule has 16 heavy (non-hydrogen) atoms. The van der Waals surface area contributed by atoms with Crippen LogP contribution in [0.5, 0.6) is 0 Å². The van der Waals surface area contributed by atoms with Crippen molar-refractivity contribution in [3.8, 4) is 11.3 Å². The molecule has 0 aliphatic heterocycles. The van der Waals surface area contributed by atoms with E-state index in [0.717, 1.165) is 4.96 Å². The molecule has 0 radical (unpaired) electrons. The first-order valence-corrected chi connectivity index (χ1v) is 6.12. The molecule has 3 rings (SSSR count). The third-order valence-corrected chi connectivity index (χ3v) is 3.65. The number of nitrogens with zero attached hydrogens (tertiary/aromatic N) is 2. The van der Waals surface area contributed by atoms with Crippen molar-refractivity contribution in [2.45, 2.75) is 13.8 Å². The van der Waals surface area contributed by atoms with Gasteiger partial charge in [-0.25, -0.2) is 4.98 Å². The highest BCUT2D eigenvalue weighted by atomic mass is 32.1. The van der Waals surface area contributed by atoms with Crippen LogP contribution in [0.2, 0.25) is 0 Å². The Morgan fingerprint density at radius 2 is 2.12 bits per heavy atom. The molecule has 1 aromatic carbocycles. The lowest BCUT2D eigenvalue weighted by Gasteiger charge is -2.05. The van der Waals surface area contributed by atoms with Crippen LogP contribution in [0.1, 0.15) is 11.1 Å². The topological polar surface area (TPSA) is 17.3 Å². The Morgan fingerprint density at radius 3 is 2.94 bits per heavy atom. The number of benzene rings is 1. The zero-order chi connectivity index (χ0) is 11.1. The zero-order valence-corrected chi connectivity index (χ0v) is 10.1. The molecule has 0 fully saturated rings. The summed E-state index contributed by atoms with van der Waals surface area (Å²) in [5.41, 5.74) is 5.14. The number of hydrogen-bond acceptors (Lipinski definition) is 2. The summed E-state index contributed by atoms with van der Waals surface area (Å²) < 4.78 is 2.14. The Balaban J connectivity index is 2.27. The minimum atomic E-state index is 1.05. The van der Waals surface area contributed by atoms with E-state index in [-0.39, 0.29) is 0 Å². The standard InChI is InChI=1S/C13H12N2S/c1-9-3-4-11(10(2)7-9)12-8-16-13-14-5-6-15(12)13/h3-8H,1-2H3. The highest BCUT2D eigenvalue weighted by Gasteiger charge is 2.08. The number of aryl methyl sites for hydroxylation is 2. The molecule has 0 atom stereocenters. The zero-order valence-electron chi connectivity index (χ0n) is 9.27. The number of thiazole rings is 1. The molecule has 3 aromatic rings. The third kappa shape index (κ3) is 1.36. The van der Waals surface area contributed by atoms with E-state index < -0.39 is 0 Å². The van der Waals surface area contributed by atoms with Gasteiger partial charge in [-0.15, -0.1) is 11.3 Å². The van der Waals surface area contributed by atoms with Gasteiger partial charge >= 0.3 is 0 Å². The second-order valence-corrected chi connectivity index (χ2v) is 4.86. The van der Waals surface area contributed by atoms with Crippen molar-refractivity contribution in [3.05, 3.63) is 47.1 Å². The maximum Gasteiger partial charge on any atom is 0.194 e. The smallest absolute Gasteiger partial charge is 0.194 e. The van der Waals surface area contributed by atoms with Crippen LogP contribution in [0, 0.1) is 13.8 Å². The molecule has 0 spiro atoms. The third-order valence-electron chi connectivity index (χ3n) is 2.80. The molecule has 0 N–H and O–H groups in total. The molecular weight excluding hydrogens is 216 g/mol. The van der Waals surface area contributed by atoms with Gasteiger partial charge in [-0.3, -0.25) is 4.40 Å². The van der Waals surface area contributed by atoms with E-state index in [1.165, 1.54) is 22.4 Å². The first-order valence-electron chi connectivity index (χ1n) is 5.24. The molecule has 80 valence electrons. The van der Waals surface area contributed by atoms with Crippen LogP contribution in [-0.2, 0) is 0 Å². The molecule has 0 unspecified atom stereocenters. The van der Waals surface area contributed by atoms with Crippen LogP contribution in [0.25, 0.3) is 16.2 Å². The average molecular weight is 228 g/mol. The molecule has 0 aliphatic rings. The molecule has 2 nitrogen and oxygen atoms in total. The van der Waals surface area contributed by atoms with Crippen LogP contribution >= 0.6 is 11.3 Å². The maximum atomic E-state index is 4.29. The van der Waals surface area contributed by atoms with Crippen LogP contribution in [0.15, 0.2) is 36.0 Å². The van der Waals surface area contributed by atoms with Gasteiger partial charge in [0.25, 0.3) is 0 Å². The van der Waals surface area contributed by atoms with Crippen LogP contribution < -0.4 is 0 Å². The fourth-order valence-electron chi connectivity index (χ4n) is 2.02. The van der Waals surface area contributed by atoms with Crippen molar-refractivity contribution < 1.29 is 0 Å². The molecule has 0 saturated heterocycles. The summed E-state index contributed by atoms with van der Waals surface area (Å²) in [6.07, 6.45) is 3.86. The van der Waals surface area contributed by atoms with E-state index in [2.05, 4.69) is 46.8 Å². The van der Waals surface area contributed by atoms with Gasteiger partial charge in [0.15, 0.2) is 4.96 Å². The van der Waals surface area contributed by atoms with Crippen LogP contribution in [-0.4, -0.2) is 9.38 Å². The van der Waals surface area contributed by atoms with Crippen molar-refractivity contribution in [2.75, 3.05) is 0 Å². The summed E-state index contributed by atoms with van der Waals surface area (Å²) in [5.74, 6) is 0. The summed E-state index contributed by atoms with van der Waals surface area (Å²) in [4.78, 5) is 5.34. The first-order chi connectivity index (χ1) is 7.75. The predicted octanol–water partition coefficient (Wildman–Crippen LogP) is 3.68. The normalized spacial score (nSPS) is 11.1. The van der Waals surface area contributed by atoms with Crippen molar-refractivity contribution in [1.82, 2.24) is 9.38 Å². The summed E-state index contributed by atoms with van der Waals surface area (Å²) in [6.45, 7) is 4.28. The predicted molar refractivity (Wildman–Crippen MR) is 68.0 cm³/mol. The van der Waals surface area contributed by atoms with E-state index in [4.69, 9.17) is 0 Å². The van der Waals surface area contributed by atoms with Gasteiger partial charge in [0.05, 0.1) is 5.69 Å². The molecule has 0 bridgehead atoms. The Morgan fingerprint density at radius 1 is 1.25 bits per heavy atom.